The monoisotopic (exact) mass is 454 g/mol. The van der Waals surface area contributed by atoms with Gasteiger partial charge in [0.15, 0.2) is 0 Å². The summed E-state index contributed by atoms with van der Waals surface area (Å²) in [6, 6.07) is 15.0. The Balaban J connectivity index is 1.40. The van der Waals surface area contributed by atoms with Crippen molar-refractivity contribution in [1.29, 1.82) is 0 Å². The highest BCUT2D eigenvalue weighted by Gasteiger charge is 2.26. The molecule has 1 aliphatic rings. The van der Waals surface area contributed by atoms with Crippen LogP contribution in [0.4, 0.5) is 10.2 Å². The third kappa shape index (κ3) is 4.83. The van der Waals surface area contributed by atoms with Gasteiger partial charge in [0.25, 0.3) is 5.56 Å². The number of benzene rings is 2. The Labute approximate surface area is 190 Å². The Hall–Kier alpha value is -3.19. The highest BCUT2D eigenvalue weighted by Crippen LogP contribution is 2.23. The number of aromatic nitrogens is 2. The van der Waals surface area contributed by atoms with Crippen molar-refractivity contribution in [1.82, 2.24) is 15.1 Å². The van der Waals surface area contributed by atoms with Crippen molar-refractivity contribution in [3.05, 3.63) is 86.9 Å². The molecule has 6 nitrogen and oxygen atoms in total. The minimum absolute atomic E-state index is 0.0693. The first kappa shape index (κ1) is 22.0. The summed E-state index contributed by atoms with van der Waals surface area (Å²) in [6.07, 6.45) is 1.31. The van der Waals surface area contributed by atoms with Gasteiger partial charge in [-0.05, 0) is 49.6 Å². The smallest absolute Gasteiger partial charge is 0.271 e. The van der Waals surface area contributed by atoms with E-state index in [9.17, 15) is 14.0 Å². The fourth-order valence-electron chi connectivity index (χ4n) is 3.81. The van der Waals surface area contributed by atoms with Crippen LogP contribution in [0.15, 0.2) is 59.4 Å². The minimum atomic E-state index is -0.321. The average Bonchev–Trinajstić information content (AvgIpc) is 2.81. The van der Waals surface area contributed by atoms with Gasteiger partial charge >= 0.3 is 0 Å². The Morgan fingerprint density at radius 3 is 2.62 bits per heavy atom. The predicted octanol–water partition coefficient (Wildman–Crippen LogP) is 3.87. The number of amides is 1. The SMILES string of the molecule is Cc1ccc(-n2nc(N3CCC(C(=O)NCc4ccccc4F)CC3)ccc2=O)cc1Cl. The first-order valence-electron chi connectivity index (χ1n) is 10.6. The second-order valence-electron chi connectivity index (χ2n) is 7.95. The van der Waals surface area contributed by atoms with Crippen LogP contribution < -0.4 is 15.8 Å². The normalized spacial score (nSPS) is 14.4. The summed E-state index contributed by atoms with van der Waals surface area (Å²) >= 11 is 6.21. The predicted molar refractivity (Wildman–Crippen MR) is 123 cm³/mol. The van der Waals surface area contributed by atoms with Crippen LogP contribution >= 0.6 is 11.6 Å². The molecule has 0 saturated carbocycles. The number of anilines is 1. The minimum Gasteiger partial charge on any atom is -0.355 e. The van der Waals surface area contributed by atoms with Crippen LogP contribution in [0.5, 0.6) is 0 Å². The molecule has 0 radical (unpaired) electrons. The summed E-state index contributed by atoms with van der Waals surface area (Å²) in [5.74, 6) is 0.144. The highest BCUT2D eigenvalue weighted by molar-refractivity contribution is 6.31. The molecular formula is C24H24ClFN4O2. The van der Waals surface area contributed by atoms with Crippen molar-refractivity contribution in [2.45, 2.75) is 26.3 Å². The van der Waals surface area contributed by atoms with Crippen LogP contribution in [-0.2, 0) is 11.3 Å². The first-order chi connectivity index (χ1) is 15.4. The van der Waals surface area contributed by atoms with Gasteiger partial charge in [0, 0.05) is 42.2 Å². The molecule has 166 valence electrons. The van der Waals surface area contributed by atoms with Gasteiger partial charge in [-0.1, -0.05) is 35.9 Å². The standard InChI is InChI=1S/C24H24ClFN4O2/c1-16-6-7-19(14-20(16)25)30-23(31)9-8-22(28-30)29-12-10-17(11-13-29)24(32)27-15-18-4-2-3-5-21(18)26/h2-9,14,17H,10-13,15H2,1H3,(H,27,32). The van der Waals surface area contributed by atoms with E-state index >= 15 is 0 Å². The fraction of sp³-hybridized carbons (Fsp3) is 0.292. The second kappa shape index (κ2) is 9.53. The molecule has 2 aromatic carbocycles. The van der Waals surface area contributed by atoms with Crippen molar-refractivity contribution in [3.8, 4) is 5.69 Å². The molecule has 1 fully saturated rings. The number of nitrogens with one attached hydrogen (secondary N) is 1. The summed E-state index contributed by atoms with van der Waals surface area (Å²) in [5, 5.41) is 7.94. The second-order valence-corrected chi connectivity index (χ2v) is 8.35. The van der Waals surface area contributed by atoms with Gasteiger partial charge in [-0.15, -0.1) is 5.10 Å². The molecule has 8 heteroatoms. The molecular weight excluding hydrogens is 431 g/mol. The van der Waals surface area contributed by atoms with Gasteiger partial charge in [-0.3, -0.25) is 9.59 Å². The van der Waals surface area contributed by atoms with Crippen LogP contribution in [0, 0.1) is 18.7 Å². The molecule has 0 bridgehead atoms. The molecule has 0 unspecified atom stereocenters. The number of hydrogen-bond acceptors (Lipinski definition) is 4. The summed E-state index contributed by atoms with van der Waals surface area (Å²) < 4.78 is 15.1. The Kier molecular flexibility index (Phi) is 6.55. The van der Waals surface area contributed by atoms with Crippen molar-refractivity contribution in [2.75, 3.05) is 18.0 Å². The molecule has 1 aliphatic heterocycles. The van der Waals surface area contributed by atoms with E-state index < -0.39 is 0 Å². The van der Waals surface area contributed by atoms with E-state index in [1.165, 1.54) is 16.8 Å². The summed E-state index contributed by atoms with van der Waals surface area (Å²) in [7, 11) is 0. The number of halogens is 2. The van der Waals surface area contributed by atoms with Crippen molar-refractivity contribution in [3.63, 3.8) is 0 Å². The van der Waals surface area contributed by atoms with Gasteiger partial charge in [-0.2, -0.15) is 4.68 Å². The molecule has 1 amide bonds. The van der Waals surface area contributed by atoms with Gasteiger partial charge in [-0.25, -0.2) is 4.39 Å². The van der Waals surface area contributed by atoms with E-state index in [2.05, 4.69) is 15.3 Å². The maximum absolute atomic E-state index is 13.8. The summed E-state index contributed by atoms with van der Waals surface area (Å²) in [4.78, 5) is 27.0. The van der Waals surface area contributed by atoms with Crippen LogP contribution in [0.2, 0.25) is 5.02 Å². The topological polar surface area (TPSA) is 67.2 Å². The first-order valence-corrected chi connectivity index (χ1v) is 10.9. The third-order valence-electron chi connectivity index (χ3n) is 5.79. The lowest BCUT2D eigenvalue weighted by Gasteiger charge is -2.32. The van der Waals surface area contributed by atoms with E-state index in [-0.39, 0.29) is 29.7 Å². The Bertz CT molecular complexity index is 1190. The maximum atomic E-state index is 13.8. The molecule has 0 atom stereocenters. The maximum Gasteiger partial charge on any atom is 0.271 e. The van der Waals surface area contributed by atoms with Gasteiger partial charge in [0.1, 0.15) is 11.6 Å². The van der Waals surface area contributed by atoms with Crippen molar-refractivity contribution < 1.29 is 9.18 Å². The summed E-state index contributed by atoms with van der Waals surface area (Å²) in [6.45, 7) is 3.35. The molecule has 32 heavy (non-hydrogen) atoms. The number of rotatable bonds is 5. The van der Waals surface area contributed by atoms with Crippen molar-refractivity contribution in [2.24, 2.45) is 5.92 Å². The lowest BCUT2D eigenvalue weighted by atomic mass is 9.96. The van der Waals surface area contributed by atoms with Gasteiger partial charge in [0.05, 0.1) is 5.69 Å². The molecule has 2 heterocycles. The zero-order valence-electron chi connectivity index (χ0n) is 17.7. The molecule has 1 aromatic heterocycles. The number of hydrogen-bond donors (Lipinski definition) is 1. The van der Waals surface area contributed by atoms with E-state index in [1.807, 2.05) is 19.1 Å². The molecule has 1 saturated heterocycles. The number of carbonyl (C=O) groups excluding carboxylic acids is 1. The van der Waals surface area contributed by atoms with Gasteiger partial charge < -0.3 is 10.2 Å². The largest absolute Gasteiger partial charge is 0.355 e. The zero-order valence-corrected chi connectivity index (χ0v) is 18.5. The average molecular weight is 455 g/mol. The third-order valence-corrected chi connectivity index (χ3v) is 6.19. The molecule has 0 aliphatic carbocycles. The summed E-state index contributed by atoms with van der Waals surface area (Å²) in [5.41, 5.74) is 1.77. The number of carbonyl (C=O) groups is 1. The van der Waals surface area contributed by atoms with Crippen molar-refractivity contribution >= 4 is 23.3 Å². The number of nitrogens with zero attached hydrogens (tertiary/aromatic N) is 3. The number of aryl methyl sites for hydroxylation is 1. The van der Waals surface area contributed by atoms with E-state index in [4.69, 9.17) is 11.6 Å². The lowest BCUT2D eigenvalue weighted by molar-refractivity contribution is -0.125. The quantitative estimate of drug-likeness (QED) is 0.635. The van der Waals surface area contributed by atoms with E-state index in [0.29, 0.717) is 48.0 Å². The highest BCUT2D eigenvalue weighted by atomic mass is 35.5. The lowest BCUT2D eigenvalue weighted by Crippen LogP contribution is -2.41. The Morgan fingerprint density at radius 1 is 1.16 bits per heavy atom. The van der Waals surface area contributed by atoms with Crippen LogP contribution in [-0.4, -0.2) is 28.8 Å². The van der Waals surface area contributed by atoms with E-state index in [1.54, 1.807) is 30.3 Å². The molecule has 1 N–H and O–H groups in total. The van der Waals surface area contributed by atoms with Crippen LogP contribution in [0.3, 0.4) is 0 Å². The van der Waals surface area contributed by atoms with Crippen LogP contribution in [0.25, 0.3) is 5.69 Å². The van der Waals surface area contributed by atoms with Crippen LogP contribution in [0.1, 0.15) is 24.0 Å². The molecule has 3 aromatic rings. The Morgan fingerprint density at radius 2 is 1.91 bits per heavy atom. The molecule has 4 rings (SSSR count). The number of piperidine rings is 1. The fourth-order valence-corrected chi connectivity index (χ4v) is 3.98. The van der Waals surface area contributed by atoms with Gasteiger partial charge in [0.2, 0.25) is 5.91 Å². The molecule has 0 spiro atoms. The van der Waals surface area contributed by atoms with E-state index in [0.717, 1.165) is 5.56 Å². The zero-order chi connectivity index (χ0) is 22.7.